The number of hydrogen-bond acceptors (Lipinski definition) is 3. The zero-order valence-corrected chi connectivity index (χ0v) is 12.1. The molecule has 0 aliphatic carbocycles. The van der Waals surface area contributed by atoms with Crippen molar-refractivity contribution < 1.29 is 9.18 Å². The van der Waals surface area contributed by atoms with Gasteiger partial charge >= 0.3 is 0 Å². The first-order chi connectivity index (χ1) is 11.2. The monoisotopic (exact) mass is 308 g/mol. The quantitative estimate of drug-likeness (QED) is 0.715. The van der Waals surface area contributed by atoms with Gasteiger partial charge in [0.05, 0.1) is 11.3 Å². The highest BCUT2D eigenvalue weighted by Gasteiger charge is 2.20. The molecule has 1 aliphatic rings. The number of H-pyrrole nitrogens is 1. The molecule has 3 aromatic rings. The maximum absolute atomic E-state index is 12.9. The lowest BCUT2D eigenvalue weighted by molar-refractivity contribution is 0.0946. The van der Waals surface area contributed by atoms with Crippen molar-refractivity contribution in [1.29, 1.82) is 0 Å². The minimum Gasteiger partial charge on any atom is -0.358 e. The van der Waals surface area contributed by atoms with Gasteiger partial charge in [-0.25, -0.2) is 4.98 Å². The van der Waals surface area contributed by atoms with Crippen LogP contribution in [0.4, 0.5) is 4.39 Å². The number of amides is 1. The Hall–Kier alpha value is -3.02. The second kappa shape index (κ2) is 5.31. The molecule has 1 aliphatic heterocycles. The Kier molecular flexibility index (Phi) is 3.15. The molecule has 2 N–H and O–H groups in total. The number of aromatic amines is 1. The molecule has 4 heterocycles. The Balaban J connectivity index is 1.74. The van der Waals surface area contributed by atoms with Gasteiger partial charge in [-0.15, -0.1) is 0 Å². The van der Waals surface area contributed by atoms with Gasteiger partial charge in [0.1, 0.15) is 0 Å². The molecule has 3 aromatic heterocycles. The first-order valence-electron chi connectivity index (χ1n) is 7.29. The second-order valence-corrected chi connectivity index (χ2v) is 5.38. The van der Waals surface area contributed by atoms with Crippen molar-refractivity contribution in [1.82, 2.24) is 20.3 Å². The van der Waals surface area contributed by atoms with Crippen LogP contribution in [-0.4, -0.2) is 27.4 Å². The van der Waals surface area contributed by atoms with Gasteiger partial charge < -0.3 is 10.3 Å². The summed E-state index contributed by atoms with van der Waals surface area (Å²) < 4.78 is 12.9. The number of pyridine rings is 2. The SMILES string of the molecule is O=C1NCCc2[nH]c(-c3ccnc(-c4ccc(F)nc4)c3)cc21. The number of halogens is 1. The Morgan fingerprint density at radius 2 is 2.00 bits per heavy atom. The molecule has 0 spiro atoms. The molecule has 0 radical (unpaired) electrons. The number of carbonyl (C=O) groups excluding carboxylic acids is 1. The van der Waals surface area contributed by atoms with E-state index in [2.05, 4.69) is 20.3 Å². The van der Waals surface area contributed by atoms with Crippen molar-refractivity contribution in [3.05, 3.63) is 59.9 Å². The van der Waals surface area contributed by atoms with E-state index in [4.69, 9.17) is 0 Å². The van der Waals surface area contributed by atoms with Crippen LogP contribution in [0.3, 0.4) is 0 Å². The molecule has 0 unspecified atom stereocenters. The standard InChI is InChI=1S/C17H13FN4O/c18-16-2-1-11(9-21-16)14-7-10(3-5-19-14)15-8-12-13(22-15)4-6-20-17(12)23/h1-3,5,7-9,22H,4,6H2,(H,20,23). The van der Waals surface area contributed by atoms with Crippen LogP contribution in [0.5, 0.6) is 0 Å². The van der Waals surface area contributed by atoms with E-state index in [1.807, 2.05) is 18.2 Å². The highest BCUT2D eigenvalue weighted by molar-refractivity contribution is 5.97. The van der Waals surface area contributed by atoms with Crippen LogP contribution in [-0.2, 0) is 6.42 Å². The van der Waals surface area contributed by atoms with Crippen molar-refractivity contribution >= 4 is 5.91 Å². The third-order valence-electron chi connectivity index (χ3n) is 3.90. The normalized spacial score (nSPS) is 13.5. The summed E-state index contributed by atoms with van der Waals surface area (Å²) in [7, 11) is 0. The molecule has 0 saturated carbocycles. The number of fused-ring (bicyclic) bond motifs is 1. The summed E-state index contributed by atoms with van der Waals surface area (Å²) in [4.78, 5) is 23.1. The van der Waals surface area contributed by atoms with Crippen molar-refractivity contribution in [2.24, 2.45) is 0 Å². The summed E-state index contributed by atoms with van der Waals surface area (Å²) in [6.45, 7) is 0.647. The molecular weight excluding hydrogens is 295 g/mol. The Morgan fingerprint density at radius 3 is 2.78 bits per heavy atom. The molecule has 0 saturated heterocycles. The van der Waals surface area contributed by atoms with Gasteiger partial charge in [-0.1, -0.05) is 0 Å². The number of hydrogen-bond donors (Lipinski definition) is 2. The van der Waals surface area contributed by atoms with E-state index in [0.717, 1.165) is 28.9 Å². The molecule has 6 heteroatoms. The lowest BCUT2D eigenvalue weighted by Gasteiger charge is -2.10. The van der Waals surface area contributed by atoms with Crippen molar-refractivity contribution in [3.8, 4) is 22.5 Å². The summed E-state index contributed by atoms with van der Waals surface area (Å²) in [5.74, 6) is -0.571. The van der Waals surface area contributed by atoms with Crippen LogP contribution >= 0.6 is 0 Å². The van der Waals surface area contributed by atoms with Crippen LogP contribution < -0.4 is 5.32 Å². The number of carbonyl (C=O) groups is 1. The first kappa shape index (κ1) is 13.6. The highest BCUT2D eigenvalue weighted by Crippen LogP contribution is 2.26. The van der Waals surface area contributed by atoms with Gasteiger partial charge in [0.25, 0.3) is 5.91 Å². The van der Waals surface area contributed by atoms with E-state index in [-0.39, 0.29) is 5.91 Å². The molecule has 23 heavy (non-hydrogen) atoms. The molecule has 5 nitrogen and oxygen atoms in total. The van der Waals surface area contributed by atoms with Gasteiger partial charge in [-0.05, 0) is 30.3 Å². The topological polar surface area (TPSA) is 70.7 Å². The number of rotatable bonds is 2. The molecule has 114 valence electrons. The largest absolute Gasteiger partial charge is 0.358 e. The Labute approximate surface area is 131 Å². The van der Waals surface area contributed by atoms with E-state index in [0.29, 0.717) is 17.8 Å². The average molecular weight is 308 g/mol. The third kappa shape index (κ3) is 2.48. The Bertz CT molecular complexity index is 886. The lowest BCUT2D eigenvalue weighted by Crippen LogP contribution is -2.31. The third-order valence-corrected chi connectivity index (χ3v) is 3.90. The zero-order chi connectivity index (χ0) is 15.8. The molecule has 0 bridgehead atoms. The predicted octanol–water partition coefficient (Wildman–Crippen LogP) is 2.56. The van der Waals surface area contributed by atoms with Crippen LogP contribution in [0.15, 0.2) is 42.7 Å². The van der Waals surface area contributed by atoms with Crippen LogP contribution in [0.2, 0.25) is 0 Å². The summed E-state index contributed by atoms with van der Waals surface area (Å²) in [6, 6.07) is 8.56. The molecule has 4 rings (SSSR count). The summed E-state index contributed by atoms with van der Waals surface area (Å²) in [6.07, 6.45) is 3.93. The zero-order valence-electron chi connectivity index (χ0n) is 12.1. The number of aromatic nitrogens is 3. The smallest absolute Gasteiger partial charge is 0.253 e. The molecule has 0 atom stereocenters. The van der Waals surface area contributed by atoms with Crippen LogP contribution in [0.25, 0.3) is 22.5 Å². The predicted molar refractivity (Wildman–Crippen MR) is 83.2 cm³/mol. The van der Waals surface area contributed by atoms with E-state index in [1.54, 1.807) is 12.3 Å². The van der Waals surface area contributed by atoms with E-state index >= 15 is 0 Å². The number of nitrogens with one attached hydrogen (secondary N) is 2. The minimum atomic E-state index is -0.520. The molecular formula is C17H13FN4O. The Morgan fingerprint density at radius 1 is 1.09 bits per heavy atom. The van der Waals surface area contributed by atoms with Crippen molar-refractivity contribution in [2.45, 2.75) is 6.42 Å². The van der Waals surface area contributed by atoms with Gasteiger partial charge in [0.15, 0.2) is 0 Å². The lowest BCUT2D eigenvalue weighted by atomic mass is 10.1. The fraction of sp³-hybridized carbons (Fsp3) is 0.118. The maximum atomic E-state index is 12.9. The van der Waals surface area contributed by atoms with Gasteiger partial charge in [0.2, 0.25) is 5.95 Å². The van der Waals surface area contributed by atoms with Crippen LogP contribution in [0.1, 0.15) is 16.1 Å². The highest BCUT2D eigenvalue weighted by atomic mass is 19.1. The fourth-order valence-corrected chi connectivity index (χ4v) is 2.73. The summed E-state index contributed by atoms with van der Waals surface area (Å²) in [5, 5.41) is 2.83. The van der Waals surface area contributed by atoms with Gasteiger partial charge in [0, 0.05) is 47.9 Å². The van der Waals surface area contributed by atoms with E-state index in [9.17, 15) is 9.18 Å². The summed E-state index contributed by atoms with van der Waals surface area (Å²) >= 11 is 0. The molecule has 1 amide bonds. The minimum absolute atomic E-state index is 0.0502. The maximum Gasteiger partial charge on any atom is 0.253 e. The first-order valence-corrected chi connectivity index (χ1v) is 7.29. The van der Waals surface area contributed by atoms with E-state index in [1.165, 1.54) is 12.3 Å². The van der Waals surface area contributed by atoms with Crippen LogP contribution in [0, 0.1) is 5.95 Å². The van der Waals surface area contributed by atoms with Gasteiger partial charge in [-0.3, -0.25) is 9.78 Å². The van der Waals surface area contributed by atoms with E-state index < -0.39 is 5.95 Å². The average Bonchev–Trinajstić information content (AvgIpc) is 3.01. The van der Waals surface area contributed by atoms with Crippen molar-refractivity contribution in [3.63, 3.8) is 0 Å². The summed E-state index contributed by atoms with van der Waals surface area (Å²) in [5.41, 5.74) is 4.86. The molecule has 0 aromatic carbocycles. The fourth-order valence-electron chi connectivity index (χ4n) is 2.73. The van der Waals surface area contributed by atoms with Crippen molar-refractivity contribution in [2.75, 3.05) is 6.54 Å². The van der Waals surface area contributed by atoms with Gasteiger partial charge in [-0.2, -0.15) is 4.39 Å². The molecule has 0 fully saturated rings. The second-order valence-electron chi connectivity index (χ2n) is 5.38. The number of nitrogens with zero attached hydrogens (tertiary/aromatic N) is 2.